The Hall–Kier alpha value is -1.97. The summed E-state index contributed by atoms with van der Waals surface area (Å²) in [6.45, 7) is 4.69. The van der Waals surface area contributed by atoms with E-state index in [1.807, 2.05) is 18.4 Å². The van der Waals surface area contributed by atoms with Gasteiger partial charge in [0, 0.05) is 30.7 Å². The Balaban J connectivity index is 1.53. The average molecular weight is 409 g/mol. The summed E-state index contributed by atoms with van der Waals surface area (Å²) in [5, 5.41) is 5.73. The third kappa shape index (κ3) is 4.85. The van der Waals surface area contributed by atoms with E-state index in [1.165, 1.54) is 0 Å². The number of hydrogen-bond acceptors (Lipinski definition) is 6. The van der Waals surface area contributed by atoms with Crippen LogP contribution in [0.4, 0.5) is 5.13 Å². The van der Waals surface area contributed by atoms with Crippen molar-refractivity contribution in [1.29, 1.82) is 0 Å². The number of sulfonamides is 1. The lowest BCUT2D eigenvalue weighted by Gasteiger charge is -2.24. The first-order valence-electron chi connectivity index (χ1n) is 8.86. The molecule has 1 fully saturated rings. The van der Waals surface area contributed by atoms with E-state index in [4.69, 9.17) is 0 Å². The number of anilines is 1. The van der Waals surface area contributed by atoms with Crippen molar-refractivity contribution >= 4 is 32.4 Å². The van der Waals surface area contributed by atoms with Gasteiger partial charge in [0.2, 0.25) is 15.9 Å². The molecule has 0 radical (unpaired) electrons. The number of thiazole rings is 1. The molecule has 2 N–H and O–H groups in total. The molecule has 1 aromatic carbocycles. The van der Waals surface area contributed by atoms with E-state index in [1.54, 1.807) is 36.6 Å². The molecule has 2 aromatic rings. The molecule has 146 valence electrons. The van der Waals surface area contributed by atoms with Crippen molar-refractivity contribution < 1.29 is 13.2 Å². The van der Waals surface area contributed by atoms with Gasteiger partial charge in [-0.05, 0) is 43.9 Å². The van der Waals surface area contributed by atoms with Gasteiger partial charge in [0.15, 0.2) is 5.13 Å². The summed E-state index contributed by atoms with van der Waals surface area (Å²) >= 11 is 1.58. The number of carbonyl (C=O) groups excluding carboxylic acids is 1. The van der Waals surface area contributed by atoms with Gasteiger partial charge in [0.05, 0.1) is 11.4 Å². The largest absolute Gasteiger partial charge is 0.353 e. The quantitative estimate of drug-likeness (QED) is 0.729. The zero-order valence-electron chi connectivity index (χ0n) is 15.4. The lowest BCUT2D eigenvalue weighted by Crippen LogP contribution is -2.43. The van der Waals surface area contributed by atoms with Gasteiger partial charge in [0.25, 0.3) is 0 Å². The third-order valence-electron chi connectivity index (χ3n) is 4.63. The smallest absolute Gasteiger partial charge is 0.241 e. The second kappa shape index (κ2) is 8.37. The second-order valence-electron chi connectivity index (χ2n) is 6.70. The van der Waals surface area contributed by atoms with Crippen molar-refractivity contribution in [3.05, 3.63) is 40.9 Å². The molecule has 0 saturated carbocycles. The fourth-order valence-corrected chi connectivity index (χ4v) is 5.24. The van der Waals surface area contributed by atoms with Crippen molar-refractivity contribution in [2.24, 2.45) is 0 Å². The van der Waals surface area contributed by atoms with Crippen molar-refractivity contribution in [1.82, 2.24) is 15.0 Å². The van der Waals surface area contributed by atoms with Crippen LogP contribution in [0.5, 0.6) is 0 Å². The maximum atomic E-state index is 12.5. The predicted octanol–water partition coefficient (Wildman–Crippen LogP) is 1.82. The van der Waals surface area contributed by atoms with E-state index in [0.717, 1.165) is 30.1 Å². The average Bonchev–Trinajstić information content (AvgIpc) is 3.31. The minimum atomic E-state index is -3.72. The summed E-state index contributed by atoms with van der Waals surface area (Å²) in [6, 6.07) is 5.42. The molecule has 1 saturated heterocycles. The Morgan fingerprint density at radius 3 is 2.93 bits per heavy atom. The summed E-state index contributed by atoms with van der Waals surface area (Å²) < 4.78 is 27.3. The SMILES string of the molecule is Cc1ccc(C)c(S(=O)(=O)NCC(=O)NCC2CCCN2c2nccs2)c1. The molecule has 9 heteroatoms. The molecule has 0 aliphatic carbocycles. The summed E-state index contributed by atoms with van der Waals surface area (Å²) in [6.07, 6.45) is 3.81. The van der Waals surface area contributed by atoms with E-state index in [9.17, 15) is 13.2 Å². The topological polar surface area (TPSA) is 91.4 Å². The number of aromatic nitrogens is 1. The first kappa shape index (κ1) is 19.8. The Labute approximate surface area is 163 Å². The first-order valence-corrected chi connectivity index (χ1v) is 11.2. The minimum absolute atomic E-state index is 0.190. The number of benzene rings is 1. The van der Waals surface area contributed by atoms with Crippen LogP contribution >= 0.6 is 11.3 Å². The van der Waals surface area contributed by atoms with Crippen molar-refractivity contribution in [3.63, 3.8) is 0 Å². The molecule has 1 aliphatic rings. The zero-order valence-corrected chi connectivity index (χ0v) is 17.1. The third-order valence-corrected chi connectivity index (χ3v) is 6.98. The summed E-state index contributed by atoms with van der Waals surface area (Å²) in [4.78, 5) is 18.9. The van der Waals surface area contributed by atoms with Gasteiger partial charge in [-0.15, -0.1) is 11.3 Å². The molecular formula is C18H24N4O3S2. The molecule has 1 unspecified atom stereocenters. The highest BCUT2D eigenvalue weighted by atomic mass is 32.2. The van der Waals surface area contributed by atoms with E-state index in [2.05, 4.69) is 19.9 Å². The number of nitrogens with one attached hydrogen (secondary N) is 2. The van der Waals surface area contributed by atoms with Crippen molar-refractivity contribution in [3.8, 4) is 0 Å². The van der Waals surface area contributed by atoms with Gasteiger partial charge >= 0.3 is 0 Å². The molecule has 1 amide bonds. The van der Waals surface area contributed by atoms with Gasteiger partial charge < -0.3 is 10.2 Å². The highest BCUT2D eigenvalue weighted by molar-refractivity contribution is 7.89. The molecule has 2 heterocycles. The fraction of sp³-hybridized carbons (Fsp3) is 0.444. The van der Waals surface area contributed by atoms with Crippen LogP contribution in [0, 0.1) is 13.8 Å². The summed E-state index contributed by atoms with van der Waals surface area (Å²) in [5.41, 5.74) is 1.51. The van der Waals surface area contributed by atoms with E-state index in [0.29, 0.717) is 12.1 Å². The molecular weight excluding hydrogens is 384 g/mol. The number of rotatable bonds is 7. The van der Waals surface area contributed by atoms with Crippen LogP contribution in [0.25, 0.3) is 0 Å². The van der Waals surface area contributed by atoms with Crippen LogP contribution in [-0.2, 0) is 14.8 Å². The van der Waals surface area contributed by atoms with Crippen LogP contribution in [0.2, 0.25) is 0 Å². The molecule has 0 spiro atoms. The Morgan fingerprint density at radius 2 is 2.19 bits per heavy atom. The monoisotopic (exact) mass is 408 g/mol. The van der Waals surface area contributed by atoms with Crippen LogP contribution in [0.3, 0.4) is 0 Å². The van der Waals surface area contributed by atoms with Gasteiger partial charge in [-0.3, -0.25) is 4.79 Å². The second-order valence-corrected chi connectivity index (χ2v) is 9.31. The molecule has 1 aliphatic heterocycles. The normalized spacial score (nSPS) is 17.3. The Kier molecular flexibility index (Phi) is 6.13. The lowest BCUT2D eigenvalue weighted by atomic mass is 10.2. The number of hydrogen-bond donors (Lipinski definition) is 2. The predicted molar refractivity (Wildman–Crippen MR) is 107 cm³/mol. The fourth-order valence-electron chi connectivity index (χ4n) is 3.19. The molecule has 1 atom stereocenters. The first-order chi connectivity index (χ1) is 12.9. The molecule has 7 nitrogen and oxygen atoms in total. The summed E-state index contributed by atoms with van der Waals surface area (Å²) in [5.74, 6) is -0.338. The lowest BCUT2D eigenvalue weighted by molar-refractivity contribution is -0.120. The van der Waals surface area contributed by atoms with Crippen LogP contribution in [0.1, 0.15) is 24.0 Å². The van der Waals surface area contributed by atoms with Crippen LogP contribution in [0.15, 0.2) is 34.7 Å². The number of aryl methyl sites for hydroxylation is 2. The molecule has 1 aromatic heterocycles. The number of carbonyl (C=O) groups is 1. The van der Waals surface area contributed by atoms with Crippen LogP contribution in [-0.4, -0.2) is 45.0 Å². The van der Waals surface area contributed by atoms with Gasteiger partial charge in [-0.1, -0.05) is 12.1 Å². The van der Waals surface area contributed by atoms with Gasteiger partial charge in [-0.2, -0.15) is 0 Å². The highest BCUT2D eigenvalue weighted by Crippen LogP contribution is 2.26. The van der Waals surface area contributed by atoms with Crippen LogP contribution < -0.4 is 14.9 Å². The maximum Gasteiger partial charge on any atom is 0.241 e. The molecule has 27 heavy (non-hydrogen) atoms. The number of amides is 1. The zero-order chi connectivity index (χ0) is 19.4. The molecule has 0 bridgehead atoms. The maximum absolute atomic E-state index is 12.5. The Bertz CT molecular complexity index is 897. The van der Waals surface area contributed by atoms with Gasteiger partial charge in [0.1, 0.15) is 0 Å². The van der Waals surface area contributed by atoms with E-state index < -0.39 is 10.0 Å². The highest BCUT2D eigenvalue weighted by Gasteiger charge is 2.26. The van der Waals surface area contributed by atoms with E-state index in [-0.39, 0.29) is 23.4 Å². The molecule has 3 rings (SSSR count). The van der Waals surface area contributed by atoms with Crippen molar-refractivity contribution in [2.45, 2.75) is 37.6 Å². The number of nitrogens with zero attached hydrogens (tertiary/aromatic N) is 2. The van der Waals surface area contributed by atoms with Gasteiger partial charge in [-0.25, -0.2) is 18.1 Å². The summed E-state index contributed by atoms with van der Waals surface area (Å²) in [7, 11) is -3.72. The standard InChI is InChI=1S/C18H24N4O3S2/c1-13-5-6-14(2)16(10-13)27(24,25)21-12-17(23)20-11-15-4-3-8-22(15)18-19-7-9-26-18/h5-7,9-10,15,21H,3-4,8,11-12H2,1-2H3,(H,20,23). The van der Waals surface area contributed by atoms with E-state index >= 15 is 0 Å². The minimum Gasteiger partial charge on any atom is -0.353 e. The van der Waals surface area contributed by atoms with Crippen molar-refractivity contribution in [2.75, 3.05) is 24.5 Å². The Morgan fingerprint density at radius 1 is 1.37 bits per heavy atom.